The lowest BCUT2D eigenvalue weighted by Gasteiger charge is -2.39. The van der Waals surface area contributed by atoms with E-state index in [-0.39, 0.29) is 5.54 Å². The Morgan fingerprint density at radius 3 is 2.40 bits per heavy atom. The zero-order chi connectivity index (χ0) is 11.1. The fraction of sp³-hybridized carbons (Fsp3) is 1.00. The van der Waals surface area contributed by atoms with Crippen molar-refractivity contribution in [2.45, 2.75) is 45.6 Å². The van der Waals surface area contributed by atoms with Crippen LogP contribution in [0.15, 0.2) is 0 Å². The quantitative estimate of drug-likeness (QED) is 0.773. The molecule has 2 N–H and O–H groups in total. The minimum Gasteiger partial charge on any atom is -0.324 e. The molecular weight excluding hydrogens is 184 g/mol. The van der Waals surface area contributed by atoms with E-state index in [4.69, 9.17) is 5.73 Å². The number of rotatable bonds is 3. The highest BCUT2D eigenvalue weighted by Crippen LogP contribution is 2.39. The topological polar surface area (TPSA) is 29.3 Å². The lowest BCUT2D eigenvalue weighted by molar-refractivity contribution is 0.110. The van der Waals surface area contributed by atoms with Gasteiger partial charge in [-0.3, -0.25) is 0 Å². The minimum absolute atomic E-state index is 0.0697. The standard InChI is InChI=1S/C13H26N2/c1-10-6-7-15(8-11(10)2)9-13(3,14)12-4-5-12/h10-12H,4-9,14H2,1-3H3. The van der Waals surface area contributed by atoms with Gasteiger partial charge in [-0.25, -0.2) is 0 Å². The molecule has 0 bridgehead atoms. The first-order valence-corrected chi connectivity index (χ1v) is 6.50. The Morgan fingerprint density at radius 1 is 1.20 bits per heavy atom. The third kappa shape index (κ3) is 2.73. The van der Waals surface area contributed by atoms with E-state index in [1.54, 1.807) is 0 Å². The van der Waals surface area contributed by atoms with E-state index in [0.29, 0.717) is 0 Å². The van der Waals surface area contributed by atoms with Crippen LogP contribution in [0.2, 0.25) is 0 Å². The summed E-state index contributed by atoms with van der Waals surface area (Å²) in [6.07, 6.45) is 4.06. The predicted molar refractivity (Wildman–Crippen MR) is 64.7 cm³/mol. The van der Waals surface area contributed by atoms with Crippen molar-refractivity contribution in [3.05, 3.63) is 0 Å². The molecule has 2 heteroatoms. The predicted octanol–water partition coefficient (Wildman–Crippen LogP) is 2.09. The summed E-state index contributed by atoms with van der Waals surface area (Å²) >= 11 is 0. The highest BCUT2D eigenvalue weighted by Gasteiger charge is 2.40. The van der Waals surface area contributed by atoms with E-state index in [1.165, 1.54) is 32.4 Å². The van der Waals surface area contributed by atoms with E-state index >= 15 is 0 Å². The van der Waals surface area contributed by atoms with Crippen LogP contribution in [-0.4, -0.2) is 30.1 Å². The molecule has 0 aromatic heterocycles. The molecule has 3 unspecified atom stereocenters. The van der Waals surface area contributed by atoms with Gasteiger partial charge in [0.15, 0.2) is 0 Å². The molecule has 15 heavy (non-hydrogen) atoms. The molecule has 2 fully saturated rings. The van der Waals surface area contributed by atoms with Gasteiger partial charge in [-0.15, -0.1) is 0 Å². The van der Waals surface area contributed by atoms with Gasteiger partial charge in [-0.2, -0.15) is 0 Å². The lowest BCUT2D eigenvalue weighted by Crippen LogP contribution is -2.52. The number of likely N-dealkylation sites (tertiary alicyclic amines) is 1. The molecule has 0 radical (unpaired) electrons. The molecule has 0 aromatic rings. The maximum Gasteiger partial charge on any atom is 0.0283 e. The molecular formula is C13H26N2. The SMILES string of the molecule is CC1CCN(CC(C)(N)C2CC2)CC1C. The molecule has 1 aliphatic carbocycles. The average Bonchev–Trinajstić information content (AvgIpc) is 2.93. The Labute approximate surface area is 94.2 Å². The summed E-state index contributed by atoms with van der Waals surface area (Å²) in [5, 5.41) is 0. The summed E-state index contributed by atoms with van der Waals surface area (Å²) in [5.74, 6) is 2.53. The molecule has 3 atom stereocenters. The Balaban J connectivity index is 1.84. The third-order valence-electron chi connectivity index (χ3n) is 4.49. The highest BCUT2D eigenvalue weighted by atomic mass is 15.2. The van der Waals surface area contributed by atoms with Crippen molar-refractivity contribution >= 4 is 0 Å². The zero-order valence-electron chi connectivity index (χ0n) is 10.5. The first-order chi connectivity index (χ1) is 6.99. The van der Waals surface area contributed by atoms with Gasteiger partial charge in [0.1, 0.15) is 0 Å². The minimum atomic E-state index is 0.0697. The van der Waals surface area contributed by atoms with E-state index in [0.717, 1.165) is 24.3 Å². The summed E-state index contributed by atoms with van der Waals surface area (Å²) in [7, 11) is 0. The van der Waals surface area contributed by atoms with Crippen LogP contribution < -0.4 is 5.73 Å². The Morgan fingerprint density at radius 2 is 1.87 bits per heavy atom. The van der Waals surface area contributed by atoms with Crippen molar-refractivity contribution in [2.24, 2.45) is 23.5 Å². The molecule has 1 aliphatic heterocycles. The summed E-state index contributed by atoms with van der Waals surface area (Å²) in [6.45, 7) is 10.6. The molecule has 1 heterocycles. The molecule has 1 saturated carbocycles. The second-order valence-electron chi connectivity index (χ2n) is 6.26. The molecule has 88 valence electrons. The Kier molecular flexibility index (Phi) is 3.09. The third-order valence-corrected chi connectivity index (χ3v) is 4.49. The molecule has 0 spiro atoms. The number of nitrogens with two attached hydrogens (primary N) is 1. The van der Waals surface area contributed by atoms with Gasteiger partial charge in [0.25, 0.3) is 0 Å². The second-order valence-corrected chi connectivity index (χ2v) is 6.26. The Bertz CT molecular complexity index is 221. The van der Waals surface area contributed by atoms with Crippen molar-refractivity contribution < 1.29 is 0 Å². The average molecular weight is 210 g/mol. The fourth-order valence-corrected chi connectivity index (χ4v) is 2.85. The van der Waals surface area contributed by atoms with Crippen LogP contribution in [0.4, 0.5) is 0 Å². The van der Waals surface area contributed by atoms with Crippen molar-refractivity contribution in [3.8, 4) is 0 Å². The summed E-state index contributed by atoms with van der Waals surface area (Å²) in [5.41, 5.74) is 6.46. The largest absolute Gasteiger partial charge is 0.324 e. The van der Waals surface area contributed by atoms with Gasteiger partial charge < -0.3 is 10.6 Å². The van der Waals surface area contributed by atoms with Crippen LogP contribution in [0, 0.1) is 17.8 Å². The Hall–Kier alpha value is -0.0800. The number of piperidine rings is 1. The summed E-state index contributed by atoms with van der Waals surface area (Å²) < 4.78 is 0. The van der Waals surface area contributed by atoms with E-state index in [9.17, 15) is 0 Å². The van der Waals surface area contributed by atoms with Crippen molar-refractivity contribution in [3.63, 3.8) is 0 Å². The van der Waals surface area contributed by atoms with Crippen LogP contribution >= 0.6 is 0 Å². The van der Waals surface area contributed by atoms with Crippen LogP contribution in [0.1, 0.15) is 40.0 Å². The van der Waals surface area contributed by atoms with Gasteiger partial charge in [0, 0.05) is 18.6 Å². The first-order valence-electron chi connectivity index (χ1n) is 6.50. The van der Waals surface area contributed by atoms with Crippen LogP contribution in [0.3, 0.4) is 0 Å². The van der Waals surface area contributed by atoms with Crippen molar-refractivity contribution in [2.75, 3.05) is 19.6 Å². The molecule has 2 aliphatic rings. The van der Waals surface area contributed by atoms with Gasteiger partial charge in [0.2, 0.25) is 0 Å². The van der Waals surface area contributed by atoms with Crippen molar-refractivity contribution in [1.82, 2.24) is 4.90 Å². The van der Waals surface area contributed by atoms with Crippen LogP contribution in [-0.2, 0) is 0 Å². The fourth-order valence-electron chi connectivity index (χ4n) is 2.85. The van der Waals surface area contributed by atoms with Gasteiger partial charge in [-0.1, -0.05) is 13.8 Å². The number of hydrogen-bond donors (Lipinski definition) is 1. The zero-order valence-corrected chi connectivity index (χ0v) is 10.5. The van der Waals surface area contributed by atoms with Crippen molar-refractivity contribution in [1.29, 1.82) is 0 Å². The van der Waals surface area contributed by atoms with E-state index in [2.05, 4.69) is 25.7 Å². The highest BCUT2D eigenvalue weighted by molar-refractivity contribution is 4.97. The molecule has 0 amide bonds. The molecule has 2 nitrogen and oxygen atoms in total. The molecule has 2 rings (SSSR count). The van der Waals surface area contributed by atoms with E-state index < -0.39 is 0 Å². The van der Waals surface area contributed by atoms with Gasteiger partial charge in [0.05, 0.1) is 0 Å². The maximum atomic E-state index is 6.39. The van der Waals surface area contributed by atoms with Gasteiger partial charge >= 0.3 is 0 Å². The van der Waals surface area contributed by atoms with Gasteiger partial charge in [-0.05, 0) is 50.5 Å². The maximum absolute atomic E-state index is 6.39. The first kappa shape index (κ1) is 11.4. The number of nitrogens with zero attached hydrogens (tertiary/aromatic N) is 1. The lowest BCUT2D eigenvalue weighted by atomic mass is 9.87. The van der Waals surface area contributed by atoms with Crippen LogP contribution in [0.25, 0.3) is 0 Å². The summed E-state index contributed by atoms with van der Waals surface area (Å²) in [4.78, 5) is 2.59. The molecule has 0 aromatic carbocycles. The molecule has 1 saturated heterocycles. The smallest absolute Gasteiger partial charge is 0.0283 e. The monoisotopic (exact) mass is 210 g/mol. The van der Waals surface area contributed by atoms with E-state index in [1.807, 2.05) is 0 Å². The second kappa shape index (κ2) is 4.06. The normalized spacial score (nSPS) is 37.6. The number of hydrogen-bond acceptors (Lipinski definition) is 2. The van der Waals surface area contributed by atoms with Crippen LogP contribution in [0.5, 0.6) is 0 Å². The summed E-state index contributed by atoms with van der Waals surface area (Å²) in [6, 6.07) is 0.